The molecule has 0 amide bonds. The molecule has 10 fully saturated rings. The fourth-order valence-electron chi connectivity index (χ4n) is 17.5. The monoisotopic (exact) mass is 242 g/mol. The number of rotatable bonds is 2. The van der Waals surface area contributed by atoms with Crippen LogP contribution in [0.25, 0.3) is 0 Å². The summed E-state index contributed by atoms with van der Waals surface area (Å²) in [6.45, 7) is -3.46. The molecule has 0 aromatic heterocycles. The third-order valence-electron chi connectivity index (χ3n) is 15.5. The van der Waals surface area contributed by atoms with E-state index < -0.39 is 6.51 Å². The first kappa shape index (κ1) is 5.01. The molecule has 2 nitrogen and oxygen atoms in total. The van der Waals surface area contributed by atoms with Crippen LogP contribution in [-0.2, 0) is 16.1 Å². The van der Waals surface area contributed by atoms with Gasteiger partial charge in [0, 0.05) is 0 Å². The second kappa shape index (κ2) is 0.334. The van der Waals surface area contributed by atoms with Gasteiger partial charge in [0.15, 0.2) is 0 Å². The van der Waals surface area contributed by atoms with Crippen molar-refractivity contribution >= 4 is 12.6 Å². The van der Waals surface area contributed by atoms with Crippen LogP contribution < -0.4 is 0 Å². The summed E-state index contributed by atoms with van der Waals surface area (Å²) < 4.78 is 0.266. The van der Waals surface area contributed by atoms with Crippen molar-refractivity contribution in [3.8, 4) is 0 Å². The molecule has 0 aliphatic carbocycles. The Balaban J connectivity index is 1.98. The van der Waals surface area contributed by atoms with E-state index in [1.54, 1.807) is 0 Å². The molecule has 10 aliphatic rings. The summed E-state index contributed by atoms with van der Waals surface area (Å²) in [6.07, 6.45) is 2.75. The van der Waals surface area contributed by atoms with E-state index in [1.807, 2.05) is 0 Å². The SMILES string of the molecule is O=C[C]12[CH]3[CH]4[CH]5[C]1(C=O)[Fe]43521678[CH]2[CH]1[CH]6[CH]7[CH]28. The Kier molecular flexibility index (Phi) is 0.112. The van der Waals surface area contributed by atoms with Gasteiger partial charge in [0.25, 0.3) is 0 Å². The summed E-state index contributed by atoms with van der Waals surface area (Å²) in [4.78, 5) is 31.9. The van der Waals surface area contributed by atoms with Crippen LogP contribution in [0, 0.1) is 0 Å². The molecule has 4 atom stereocenters. The molecule has 0 bridgehead atoms. The molecule has 10 aliphatic heterocycles. The van der Waals surface area contributed by atoms with E-state index in [-0.39, 0.29) is 8.63 Å². The van der Waals surface area contributed by atoms with E-state index in [4.69, 9.17) is 0 Å². The Bertz CT molecular complexity index is 907. The van der Waals surface area contributed by atoms with E-state index in [2.05, 4.69) is 0 Å². The Hall–Kier alpha value is -0.141. The van der Waals surface area contributed by atoms with E-state index >= 15 is 0 Å². The Labute approximate surface area is 76.1 Å². The summed E-state index contributed by atoms with van der Waals surface area (Å²) in [6, 6.07) is 0. The van der Waals surface area contributed by atoms with Gasteiger partial charge in [-0.25, -0.2) is 0 Å². The third-order valence-corrected chi connectivity index (χ3v) is 58.4. The Morgan fingerprint density at radius 1 is 0.733 bits per heavy atom. The zero-order valence-corrected chi connectivity index (χ0v) is 9.05. The van der Waals surface area contributed by atoms with Gasteiger partial charge in [0.1, 0.15) is 0 Å². The molecule has 0 radical (unpaired) electrons. The maximum absolute atomic E-state index is 11.8. The molecule has 10 heterocycles. The van der Waals surface area contributed by atoms with Gasteiger partial charge in [-0.1, -0.05) is 0 Å². The zero-order chi connectivity index (χ0) is 9.35. The van der Waals surface area contributed by atoms with Crippen LogP contribution in [0.4, 0.5) is 0 Å². The number of hydrogen-bond acceptors (Lipinski definition) is 2. The number of carbonyl (C=O) groups is 2. The van der Waals surface area contributed by atoms with E-state index in [9.17, 15) is 9.59 Å². The van der Waals surface area contributed by atoms with E-state index in [0.29, 0.717) is 0 Å². The fourth-order valence-corrected chi connectivity index (χ4v) is 92.0. The van der Waals surface area contributed by atoms with Crippen molar-refractivity contribution < 1.29 is 16.1 Å². The summed E-state index contributed by atoms with van der Waals surface area (Å²) in [5, 5.41) is 0. The van der Waals surface area contributed by atoms with Gasteiger partial charge in [0.2, 0.25) is 0 Å². The third kappa shape index (κ3) is 0.0359. The van der Waals surface area contributed by atoms with Gasteiger partial charge in [-0.05, 0) is 0 Å². The van der Waals surface area contributed by atoms with Crippen molar-refractivity contribution in [1.82, 2.24) is 0 Å². The van der Waals surface area contributed by atoms with Crippen LogP contribution in [-0.4, -0.2) is 12.6 Å². The van der Waals surface area contributed by atoms with Gasteiger partial charge in [0.05, 0.1) is 0 Å². The van der Waals surface area contributed by atoms with E-state index in [1.165, 1.54) is 12.6 Å². The molecule has 1 spiro atoms. The molecule has 10 rings (SSSR count). The summed E-state index contributed by atoms with van der Waals surface area (Å²) in [5.74, 6) is 0. The zero-order valence-electron chi connectivity index (χ0n) is 7.94. The van der Waals surface area contributed by atoms with Gasteiger partial charge in [-0.15, -0.1) is 0 Å². The molecular formula is C12H10FeO2. The van der Waals surface area contributed by atoms with Gasteiger partial charge >= 0.3 is 75.8 Å². The summed E-state index contributed by atoms with van der Waals surface area (Å²) in [5.41, 5.74) is 0. The van der Waals surface area contributed by atoms with Crippen LogP contribution in [0.3, 0.4) is 0 Å². The van der Waals surface area contributed by atoms with Gasteiger partial charge < -0.3 is 0 Å². The van der Waals surface area contributed by atoms with Crippen molar-refractivity contribution in [3.05, 3.63) is 0 Å². The minimum absolute atomic E-state index is 0.133. The normalized spacial score (nSPS) is 138. The molecule has 0 saturated carbocycles. The van der Waals surface area contributed by atoms with Crippen LogP contribution in [0.2, 0.25) is 47.2 Å². The van der Waals surface area contributed by atoms with E-state index in [0.717, 1.165) is 38.5 Å². The predicted octanol–water partition coefficient (Wildman–Crippen LogP) is 2.51. The van der Waals surface area contributed by atoms with Crippen molar-refractivity contribution in [2.75, 3.05) is 0 Å². The molecule has 0 N–H and O–H groups in total. The molecule has 10 saturated heterocycles. The molecule has 78 valence electrons. The Morgan fingerprint density at radius 2 is 1.13 bits per heavy atom. The molecule has 0 aromatic carbocycles. The van der Waals surface area contributed by atoms with Crippen LogP contribution >= 0.6 is 0 Å². The minimum atomic E-state index is -3.46. The van der Waals surface area contributed by atoms with Crippen molar-refractivity contribution in [1.29, 1.82) is 0 Å². The topological polar surface area (TPSA) is 34.1 Å². The molecule has 0 aromatic rings. The second-order valence-corrected chi connectivity index (χ2v) is 33.4. The van der Waals surface area contributed by atoms with Crippen molar-refractivity contribution in [3.63, 3.8) is 0 Å². The van der Waals surface area contributed by atoms with Crippen LogP contribution in [0.5, 0.6) is 0 Å². The number of hydrogen-bond donors (Lipinski definition) is 0. The standard InChI is InChI=1S/C7H5O2.C5H5.Fe/c8-4-6-2-1-3-7(6)5-9;1-2-4-5-3-1;/h1-5H;1-5H;. The first-order valence-corrected chi connectivity index (χ1v) is 12.4. The quantitative estimate of drug-likeness (QED) is 0.550. The molecule has 3 heteroatoms. The molecular weight excluding hydrogens is 232 g/mol. The van der Waals surface area contributed by atoms with Crippen molar-refractivity contribution in [2.24, 2.45) is 0 Å². The first-order valence-electron chi connectivity index (χ1n) is 6.20. The number of fused-ring (bicyclic) bond motifs is 10. The number of carbonyl (C=O) groups excluding carboxylic acids is 2. The van der Waals surface area contributed by atoms with Crippen LogP contribution in [0.15, 0.2) is 0 Å². The van der Waals surface area contributed by atoms with Crippen molar-refractivity contribution in [2.45, 2.75) is 47.2 Å². The molecule has 4 unspecified atom stereocenters. The van der Waals surface area contributed by atoms with Gasteiger partial charge in [-0.2, -0.15) is 0 Å². The predicted molar refractivity (Wildman–Crippen MR) is 47.5 cm³/mol. The second-order valence-electron chi connectivity index (χ2n) is 10.1. The summed E-state index contributed by atoms with van der Waals surface area (Å²) >= 11 is 0. The average molecular weight is 242 g/mol. The van der Waals surface area contributed by atoms with Gasteiger partial charge in [-0.3, -0.25) is 0 Å². The maximum atomic E-state index is 11.8. The fraction of sp³-hybridized carbons (Fsp3) is 0.833. The molecule has 15 heavy (non-hydrogen) atoms. The summed E-state index contributed by atoms with van der Waals surface area (Å²) in [7, 11) is 0. The average Bonchev–Trinajstić information content (AvgIpc) is 3.21. The Morgan fingerprint density at radius 3 is 1.27 bits per heavy atom. The number of aldehydes is 2. The first-order chi connectivity index (χ1) is 7.06. The van der Waals surface area contributed by atoms with Crippen LogP contribution in [0.1, 0.15) is 0 Å².